The Morgan fingerprint density at radius 1 is 0.900 bits per heavy atom. The van der Waals surface area contributed by atoms with Crippen LogP contribution in [-0.2, 0) is 14.3 Å². The highest BCUT2D eigenvalue weighted by Gasteiger charge is 2.11. The average Bonchev–Trinajstić information content (AvgIpc) is 2.74. The standard InChI is InChI=1S/C23H17Cl2NO4/c24-17-9-6-16(7-10-17)8-13-23(28)29-15-22(27)26-20-14-18(25)11-12-21(20)30-19-4-2-1-3-5-19/h1-14H,15H2,(H,26,27)/b13-8+. The summed E-state index contributed by atoms with van der Waals surface area (Å²) in [5, 5.41) is 3.67. The number of carbonyl (C=O) groups is 2. The van der Waals surface area contributed by atoms with Gasteiger partial charge in [-0.1, -0.05) is 53.5 Å². The first-order valence-corrected chi connectivity index (χ1v) is 9.68. The van der Waals surface area contributed by atoms with Crippen LogP contribution in [0.2, 0.25) is 10.0 Å². The molecule has 0 radical (unpaired) electrons. The first-order valence-electron chi connectivity index (χ1n) is 8.92. The second kappa shape index (κ2) is 10.5. The van der Waals surface area contributed by atoms with E-state index in [2.05, 4.69) is 5.32 Å². The Morgan fingerprint density at radius 2 is 1.60 bits per heavy atom. The Hall–Kier alpha value is -3.28. The van der Waals surface area contributed by atoms with E-state index >= 15 is 0 Å². The fourth-order valence-electron chi connectivity index (χ4n) is 2.41. The average molecular weight is 442 g/mol. The predicted molar refractivity (Wildman–Crippen MR) is 118 cm³/mol. The molecule has 5 nitrogen and oxygen atoms in total. The van der Waals surface area contributed by atoms with Gasteiger partial charge in [-0.05, 0) is 54.1 Å². The highest BCUT2D eigenvalue weighted by atomic mass is 35.5. The lowest BCUT2D eigenvalue weighted by Gasteiger charge is -2.12. The smallest absolute Gasteiger partial charge is 0.331 e. The van der Waals surface area contributed by atoms with Crippen molar-refractivity contribution in [1.82, 2.24) is 0 Å². The molecule has 3 aromatic carbocycles. The molecule has 0 aliphatic rings. The maximum atomic E-state index is 12.2. The van der Waals surface area contributed by atoms with E-state index < -0.39 is 18.5 Å². The van der Waals surface area contributed by atoms with Crippen molar-refractivity contribution in [2.75, 3.05) is 11.9 Å². The lowest BCUT2D eigenvalue weighted by Crippen LogP contribution is -2.20. The summed E-state index contributed by atoms with van der Waals surface area (Å²) in [5.41, 5.74) is 1.14. The summed E-state index contributed by atoms with van der Waals surface area (Å²) in [7, 11) is 0. The molecule has 0 saturated carbocycles. The largest absolute Gasteiger partial charge is 0.455 e. The molecule has 0 bridgehead atoms. The molecule has 1 N–H and O–H groups in total. The van der Waals surface area contributed by atoms with Crippen molar-refractivity contribution in [2.24, 2.45) is 0 Å². The first-order chi connectivity index (χ1) is 14.5. The summed E-state index contributed by atoms with van der Waals surface area (Å²) >= 11 is 11.8. The zero-order valence-electron chi connectivity index (χ0n) is 15.7. The van der Waals surface area contributed by atoms with Crippen LogP contribution in [0.5, 0.6) is 11.5 Å². The molecule has 0 atom stereocenters. The van der Waals surface area contributed by atoms with E-state index in [1.54, 1.807) is 60.7 Å². The third kappa shape index (κ3) is 6.65. The summed E-state index contributed by atoms with van der Waals surface area (Å²) in [5.74, 6) is -0.155. The SMILES string of the molecule is O=C(COC(=O)/C=C/c1ccc(Cl)cc1)Nc1cc(Cl)ccc1Oc1ccccc1. The summed E-state index contributed by atoms with van der Waals surface area (Å²) in [6.07, 6.45) is 2.80. The van der Waals surface area contributed by atoms with Gasteiger partial charge in [-0.15, -0.1) is 0 Å². The van der Waals surface area contributed by atoms with E-state index in [-0.39, 0.29) is 0 Å². The lowest BCUT2D eigenvalue weighted by molar-refractivity contribution is -0.142. The molecular formula is C23H17Cl2NO4. The van der Waals surface area contributed by atoms with Crippen molar-refractivity contribution in [1.29, 1.82) is 0 Å². The highest BCUT2D eigenvalue weighted by Crippen LogP contribution is 2.32. The predicted octanol–water partition coefficient (Wildman–Crippen LogP) is 5.98. The summed E-state index contributed by atoms with van der Waals surface area (Å²) in [6, 6.07) is 20.9. The summed E-state index contributed by atoms with van der Waals surface area (Å²) in [4.78, 5) is 24.1. The molecule has 30 heavy (non-hydrogen) atoms. The van der Waals surface area contributed by atoms with Gasteiger partial charge < -0.3 is 14.8 Å². The first kappa shape index (κ1) is 21.4. The second-order valence-electron chi connectivity index (χ2n) is 6.10. The quantitative estimate of drug-likeness (QED) is 0.361. The molecule has 3 aromatic rings. The van der Waals surface area contributed by atoms with Crippen LogP contribution in [0.1, 0.15) is 5.56 Å². The van der Waals surface area contributed by atoms with Crippen LogP contribution in [0.3, 0.4) is 0 Å². The van der Waals surface area contributed by atoms with Gasteiger partial charge in [0.1, 0.15) is 5.75 Å². The van der Waals surface area contributed by atoms with E-state index in [9.17, 15) is 9.59 Å². The Labute approximate surface area is 183 Å². The van der Waals surface area contributed by atoms with Gasteiger partial charge in [0.2, 0.25) is 0 Å². The number of amides is 1. The van der Waals surface area contributed by atoms with Crippen LogP contribution < -0.4 is 10.1 Å². The molecule has 0 spiro atoms. The van der Waals surface area contributed by atoms with E-state index in [0.717, 1.165) is 5.56 Å². The topological polar surface area (TPSA) is 64.6 Å². The monoisotopic (exact) mass is 441 g/mol. The number of para-hydroxylation sites is 1. The third-order valence-corrected chi connectivity index (χ3v) is 4.30. The fraction of sp³-hybridized carbons (Fsp3) is 0.0435. The van der Waals surface area contributed by atoms with Gasteiger partial charge in [0.15, 0.2) is 12.4 Å². The molecular weight excluding hydrogens is 425 g/mol. The lowest BCUT2D eigenvalue weighted by atomic mass is 10.2. The number of benzene rings is 3. The van der Waals surface area contributed by atoms with Crippen LogP contribution >= 0.6 is 23.2 Å². The second-order valence-corrected chi connectivity index (χ2v) is 6.97. The minimum atomic E-state index is -0.646. The van der Waals surface area contributed by atoms with Crippen LogP contribution in [0.4, 0.5) is 5.69 Å². The van der Waals surface area contributed by atoms with E-state index in [1.807, 2.05) is 18.2 Å². The molecule has 0 aromatic heterocycles. The van der Waals surface area contributed by atoms with E-state index in [0.29, 0.717) is 27.2 Å². The minimum absolute atomic E-state index is 0.365. The number of nitrogens with one attached hydrogen (secondary N) is 1. The van der Waals surface area contributed by atoms with Gasteiger partial charge in [-0.25, -0.2) is 4.79 Å². The number of esters is 1. The van der Waals surface area contributed by atoms with Gasteiger partial charge in [0, 0.05) is 16.1 Å². The normalized spacial score (nSPS) is 10.6. The van der Waals surface area contributed by atoms with Crippen molar-refractivity contribution in [3.05, 3.63) is 94.5 Å². The van der Waals surface area contributed by atoms with Gasteiger partial charge in [0.05, 0.1) is 5.69 Å². The van der Waals surface area contributed by atoms with Gasteiger partial charge >= 0.3 is 5.97 Å². The minimum Gasteiger partial charge on any atom is -0.455 e. The van der Waals surface area contributed by atoms with Gasteiger partial charge in [0.25, 0.3) is 5.91 Å². The number of hydrogen-bond acceptors (Lipinski definition) is 4. The van der Waals surface area contributed by atoms with Crippen molar-refractivity contribution >= 4 is 46.8 Å². The van der Waals surface area contributed by atoms with Gasteiger partial charge in [-0.3, -0.25) is 4.79 Å². The molecule has 0 unspecified atom stereocenters. The molecule has 7 heteroatoms. The molecule has 3 rings (SSSR count). The Morgan fingerprint density at radius 3 is 2.33 bits per heavy atom. The Bertz CT molecular complexity index is 1050. The molecule has 1 amide bonds. The molecule has 0 saturated heterocycles. The maximum absolute atomic E-state index is 12.2. The van der Waals surface area contributed by atoms with Crippen LogP contribution in [0.25, 0.3) is 6.08 Å². The molecule has 152 valence electrons. The molecule has 0 fully saturated rings. The van der Waals surface area contributed by atoms with Gasteiger partial charge in [-0.2, -0.15) is 0 Å². The summed E-state index contributed by atoms with van der Waals surface area (Å²) < 4.78 is 10.8. The van der Waals surface area contributed by atoms with Crippen LogP contribution in [0, 0.1) is 0 Å². The number of ether oxygens (including phenoxy) is 2. The van der Waals surface area contributed by atoms with E-state index in [1.165, 1.54) is 6.08 Å². The number of halogens is 2. The zero-order chi connectivity index (χ0) is 21.3. The van der Waals surface area contributed by atoms with Crippen LogP contribution in [-0.4, -0.2) is 18.5 Å². The summed E-state index contributed by atoms with van der Waals surface area (Å²) in [6.45, 7) is -0.457. The Balaban J connectivity index is 1.57. The molecule has 0 aliphatic heterocycles. The zero-order valence-corrected chi connectivity index (χ0v) is 17.2. The number of carbonyl (C=O) groups excluding carboxylic acids is 2. The molecule has 0 aliphatic carbocycles. The Kier molecular flexibility index (Phi) is 7.49. The number of rotatable bonds is 7. The van der Waals surface area contributed by atoms with Crippen molar-refractivity contribution < 1.29 is 19.1 Å². The number of anilines is 1. The van der Waals surface area contributed by atoms with Crippen molar-refractivity contribution in [2.45, 2.75) is 0 Å². The van der Waals surface area contributed by atoms with Crippen molar-refractivity contribution in [3.63, 3.8) is 0 Å². The fourth-order valence-corrected chi connectivity index (χ4v) is 2.71. The number of hydrogen-bond donors (Lipinski definition) is 1. The maximum Gasteiger partial charge on any atom is 0.331 e. The third-order valence-electron chi connectivity index (χ3n) is 3.81. The highest BCUT2D eigenvalue weighted by molar-refractivity contribution is 6.31. The molecule has 0 heterocycles. The van der Waals surface area contributed by atoms with Crippen LogP contribution in [0.15, 0.2) is 78.9 Å². The van der Waals surface area contributed by atoms with E-state index in [4.69, 9.17) is 32.7 Å². The van der Waals surface area contributed by atoms with Crippen molar-refractivity contribution in [3.8, 4) is 11.5 Å².